The highest BCUT2D eigenvalue weighted by molar-refractivity contribution is 6.02. The molecule has 104 valence electrons. The van der Waals surface area contributed by atoms with Crippen molar-refractivity contribution in [3.8, 4) is 0 Å². The highest BCUT2D eigenvalue weighted by atomic mass is 16.4. The van der Waals surface area contributed by atoms with Gasteiger partial charge in [0.2, 0.25) is 5.91 Å². The zero-order chi connectivity index (χ0) is 13.9. The molecule has 0 radical (unpaired) electrons. The van der Waals surface area contributed by atoms with Gasteiger partial charge in [-0.2, -0.15) is 0 Å². The quantitative estimate of drug-likeness (QED) is 0.897. The van der Waals surface area contributed by atoms with Crippen molar-refractivity contribution in [1.82, 2.24) is 0 Å². The molecule has 1 aromatic carbocycles. The molecule has 2 aliphatic carbocycles. The van der Waals surface area contributed by atoms with E-state index in [1.165, 1.54) is 12.0 Å². The third-order valence-corrected chi connectivity index (χ3v) is 5.23. The Kier molecular flexibility index (Phi) is 2.29. The molecule has 2 saturated carbocycles. The molecule has 1 aromatic rings. The SMILES string of the molecule is O=C(O)C1CC1C(=O)N1CC2(CCC2)c2ccccc21. The van der Waals surface area contributed by atoms with E-state index in [0.29, 0.717) is 6.42 Å². The van der Waals surface area contributed by atoms with Gasteiger partial charge in [0, 0.05) is 17.6 Å². The van der Waals surface area contributed by atoms with Gasteiger partial charge in [-0.25, -0.2) is 0 Å². The summed E-state index contributed by atoms with van der Waals surface area (Å²) in [5, 5.41) is 9.00. The lowest BCUT2D eigenvalue weighted by Gasteiger charge is -2.39. The lowest BCUT2D eigenvalue weighted by molar-refractivity contribution is -0.140. The fraction of sp³-hybridized carbons (Fsp3) is 0.500. The first kappa shape index (κ1) is 11.9. The van der Waals surface area contributed by atoms with Crippen LogP contribution in [0.1, 0.15) is 31.2 Å². The maximum absolute atomic E-state index is 12.6. The van der Waals surface area contributed by atoms with E-state index in [1.54, 1.807) is 0 Å². The van der Waals surface area contributed by atoms with Crippen molar-refractivity contribution in [2.75, 3.05) is 11.4 Å². The van der Waals surface area contributed by atoms with Crippen molar-refractivity contribution in [3.63, 3.8) is 0 Å². The molecule has 1 N–H and O–H groups in total. The van der Waals surface area contributed by atoms with Gasteiger partial charge in [0.05, 0.1) is 11.8 Å². The Labute approximate surface area is 117 Å². The normalized spacial score (nSPS) is 28.9. The first-order valence-electron chi connectivity index (χ1n) is 7.26. The third kappa shape index (κ3) is 1.48. The summed E-state index contributed by atoms with van der Waals surface area (Å²) < 4.78 is 0. The minimum absolute atomic E-state index is 0.00799. The second-order valence-electron chi connectivity index (χ2n) is 6.36. The van der Waals surface area contributed by atoms with Crippen LogP contribution < -0.4 is 4.90 Å². The van der Waals surface area contributed by atoms with Crippen molar-refractivity contribution in [2.24, 2.45) is 11.8 Å². The molecule has 0 aromatic heterocycles. The van der Waals surface area contributed by atoms with E-state index in [2.05, 4.69) is 6.07 Å². The molecule has 3 aliphatic rings. The Bertz CT molecular complexity index is 605. The Balaban J connectivity index is 1.64. The number of carbonyl (C=O) groups is 2. The van der Waals surface area contributed by atoms with Gasteiger partial charge in [0.15, 0.2) is 0 Å². The van der Waals surface area contributed by atoms with E-state index in [9.17, 15) is 9.59 Å². The summed E-state index contributed by atoms with van der Waals surface area (Å²) in [6, 6.07) is 8.12. The van der Waals surface area contributed by atoms with Crippen molar-refractivity contribution >= 4 is 17.6 Å². The van der Waals surface area contributed by atoms with Crippen molar-refractivity contribution in [3.05, 3.63) is 29.8 Å². The number of hydrogen-bond donors (Lipinski definition) is 1. The summed E-state index contributed by atoms with van der Waals surface area (Å²) in [4.78, 5) is 25.4. The van der Waals surface area contributed by atoms with Gasteiger partial charge in [-0.05, 0) is 30.9 Å². The van der Waals surface area contributed by atoms with Crippen LogP contribution in [0, 0.1) is 11.8 Å². The van der Waals surface area contributed by atoms with E-state index in [0.717, 1.165) is 25.1 Å². The largest absolute Gasteiger partial charge is 0.481 e. The average molecular weight is 271 g/mol. The Morgan fingerprint density at radius 2 is 1.95 bits per heavy atom. The lowest BCUT2D eigenvalue weighted by atomic mass is 9.66. The minimum Gasteiger partial charge on any atom is -0.481 e. The van der Waals surface area contributed by atoms with Crippen molar-refractivity contribution in [1.29, 1.82) is 0 Å². The van der Waals surface area contributed by atoms with E-state index in [4.69, 9.17) is 5.11 Å². The molecule has 2 atom stereocenters. The lowest BCUT2D eigenvalue weighted by Crippen LogP contribution is -2.42. The molecule has 1 heterocycles. The molecule has 2 unspecified atom stereocenters. The predicted octanol–water partition coefficient (Wildman–Crippen LogP) is 2.18. The fourth-order valence-corrected chi connectivity index (χ4v) is 3.80. The molecule has 1 aliphatic heterocycles. The first-order valence-corrected chi connectivity index (χ1v) is 7.26. The number of anilines is 1. The second kappa shape index (κ2) is 3.84. The summed E-state index contributed by atoms with van der Waals surface area (Å²) in [7, 11) is 0. The third-order valence-electron chi connectivity index (χ3n) is 5.23. The Hall–Kier alpha value is -1.84. The first-order chi connectivity index (χ1) is 9.62. The van der Waals surface area contributed by atoms with Crippen LogP contribution in [0.4, 0.5) is 5.69 Å². The fourth-order valence-electron chi connectivity index (χ4n) is 3.80. The maximum atomic E-state index is 12.6. The number of rotatable bonds is 2. The summed E-state index contributed by atoms with van der Waals surface area (Å²) >= 11 is 0. The van der Waals surface area contributed by atoms with E-state index in [1.807, 2.05) is 23.1 Å². The van der Waals surface area contributed by atoms with Crippen LogP contribution >= 0.6 is 0 Å². The van der Waals surface area contributed by atoms with Crippen LogP contribution in [0.25, 0.3) is 0 Å². The maximum Gasteiger partial charge on any atom is 0.307 e. The van der Waals surface area contributed by atoms with Crippen molar-refractivity contribution < 1.29 is 14.7 Å². The molecule has 1 spiro atoms. The predicted molar refractivity (Wildman–Crippen MR) is 73.6 cm³/mol. The van der Waals surface area contributed by atoms with Gasteiger partial charge in [-0.3, -0.25) is 9.59 Å². The van der Waals surface area contributed by atoms with E-state index < -0.39 is 11.9 Å². The van der Waals surface area contributed by atoms with Crippen LogP contribution in [0.5, 0.6) is 0 Å². The van der Waals surface area contributed by atoms with E-state index >= 15 is 0 Å². The smallest absolute Gasteiger partial charge is 0.307 e. The molecule has 0 bridgehead atoms. The topological polar surface area (TPSA) is 57.6 Å². The molecule has 1 amide bonds. The second-order valence-corrected chi connectivity index (χ2v) is 6.36. The van der Waals surface area contributed by atoms with Gasteiger partial charge >= 0.3 is 5.97 Å². The van der Waals surface area contributed by atoms with Gasteiger partial charge in [-0.1, -0.05) is 24.6 Å². The zero-order valence-corrected chi connectivity index (χ0v) is 11.2. The molecule has 4 nitrogen and oxygen atoms in total. The number of aliphatic carboxylic acids is 1. The highest BCUT2D eigenvalue weighted by Gasteiger charge is 2.54. The Morgan fingerprint density at radius 1 is 1.20 bits per heavy atom. The van der Waals surface area contributed by atoms with Crippen LogP contribution in [0.15, 0.2) is 24.3 Å². The number of carboxylic acid groups (broad SMARTS) is 1. The van der Waals surface area contributed by atoms with Crippen molar-refractivity contribution in [2.45, 2.75) is 31.1 Å². The van der Waals surface area contributed by atoms with Crippen LogP contribution in [0.3, 0.4) is 0 Å². The summed E-state index contributed by atoms with van der Waals surface area (Å²) in [6.45, 7) is 0.744. The number of hydrogen-bond acceptors (Lipinski definition) is 2. The number of amides is 1. The molecule has 4 heteroatoms. The van der Waals surface area contributed by atoms with Gasteiger partial charge < -0.3 is 10.0 Å². The molecule has 2 fully saturated rings. The van der Waals surface area contributed by atoms with Crippen LogP contribution in [-0.2, 0) is 15.0 Å². The van der Waals surface area contributed by atoms with Gasteiger partial charge in [0.25, 0.3) is 0 Å². The number of benzene rings is 1. The standard InChI is InChI=1S/C16H17NO3/c18-14(10-8-11(10)15(19)20)17-9-16(6-3-7-16)12-4-1-2-5-13(12)17/h1-2,4-5,10-11H,3,6-9H2,(H,19,20). The summed E-state index contributed by atoms with van der Waals surface area (Å²) in [5.74, 6) is -1.61. The Morgan fingerprint density at radius 3 is 2.55 bits per heavy atom. The monoisotopic (exact) mass is 271 g/mol. The average Bonchev–Trinajstić information content (AvgIpc) is 3.12. The molecular formula is C16H17NO3. The zero-order valence-electron chi connectivity index (χ0n) is 11.2. The van der Waals surface area contributed by atoms with Crippen LogP contribution in [0.2, 0.25) is 0 Å². The number of carbonyl (C=O) groups excluding carboxylic acids is 1. The number of carboxylic acids is 1. The summed E-state index contributed by atoms with van der Waals surface area (Å²) in [5.41, 5.74) is 2.44. The highest BCUT2D eigenvalue weighted by Crippen LogP contribution is 2.54. The molecular weight excluding hydrogens is 254 g/mol. The molecule has 20 heavy (non-hydrogen) atoms. The van der Waals surface area contributed by atoms with Gasteiger partial charge in [0.1, 0.15) is 0 Å². The molecule has 0 saturated heterocycles. The number of fused-ring (bicyclic) bond motifs is 2. The number of para-hydroxylation sites is 1. The van der Waals surface area contributed by atoms with E-state index in [-0.39, 0.29) is 17.2 Å². The summed E-state index contributed by atoms with van der Waals surface area (Å²) in [6.07, 6.45) is 4.00. The van der Waals surface area contributed by atoms with Gasteiger partial charge in [-0.15, -0.1) is 0 Å². The number of nitrogens with zero attached hydrogens (tertiary/aromatic N) is 1. The van der Waals surface area contributed by atoms with Crippen LogP contribution in [-0.4, -0.2) is 23.5 Å². The molecule has 4 rings (SSSR count). The minimum atomic E-state index is -0.839.